The molecule has 4 heterocycles. The fourth-order valence-electron chi connectivity index (χ4n) is 12.7. The molecule has 0 unspecified atom stereocenters. The number of thioether (sulfide) groups is 4. The Morgan fingerprint density at radius 2 is 0.895 bits per heavy atom. The van der Waals surface area contributed by atoms with Gasteiger partial charge in [0, 0.05) is 11.8 Å². The van der Waals surface area contributed by atoms with Crippen molar-refractivity contribution in [3.05, 3.63) is 274 Å². The third kappa shape index (κ3) is 19.2. The SMILES string of the molecule is C.CC[C@H]1OC(=O)[C@H](OCc2ccccc2)[C@@H](OCc2ccccc2)[C@@H]1C.CC[C@H]1O[C@@](O)(C2(c3ccccc3Cc3ccc(OC)cc3)SCCCS2)[C@H](OCc2ccccc2)[C@@H](OCc2ccccc2)[C@@H]1C.COc1ccc(Cc2ccccc2C2SCCCS2)cc1. The van der Waals surface area contributed by atoms with Crippen LogP contribution in [0.25, 0.3) is 0 Å². The first-order valence-corrected chi connectivity index (χ1v) is 37.3. The molecule has 0 aromatic heterocycles. The van der Waals surface area contributed by atoms with Crippen molar-refractivity contribution in [1.29, 1.82) is 0 Å². The van der Waals surface area contributed by atoms with Gasteiger partial charge in [0.25, 0.3) is 0 Å². The maximum Gasteiger partial charge on any atom is 0.338 e. The van der Waals surface area contributed by atoms with Gasteiger partial charge in [0.2, 0.25) is 5.79 Å². The van der Waals surface area contributed by atoms with Crippen molar-refractivity contribution in [3.8, 4) is 11.5 Å². The highest BCUT2D eigenvalue weighted by atomic mass is 32.2. The molecule has 0 amide bonds. The van der Waals surface area contributed by atoms with E-state index in [2.05, 4.69) is 141 Å². The van der Waals surface area contributed by atoms with Gasteiger partial charge in [0.1, 0.15) is 33.9 Å². The molecule has 4 fully saturated rings. The van der Waals surface area contributed by atoms with Crippen molar-refractivity contribution in [3.63, 3.8) is 0 Å². The van der Waals surface area contributed by atoms with Crippen LogP contribution in [0, 0.1) is 11.8 Å². The van der Waals surface area contributed by atoms with E-state index in [1.54, 1.807) is 37.7 Å². The van der Waals surface area contributed by atoms with Gasteiger partial charge in [-0.15, -0.1) is 47.0 Å². The molecule has 4 saturated heterocycles. The molecule has 12 rings (SSSR count). The van der Waals surface area contributed by atoms with Crippen LogP contribution in [0.4, 0.5) is 0 Å². The van der Waals surface area contributed by atoms with Crippen molar-refractivity contribution in [2.45, 2.75) is 151 Å². The summed E-state index contributed by atoms with van der Waals surface area (Å²) < 4.78 is 48.9. The molecule has 8 aromatic rings. The highest BCUT2D eigenvalue weighted by Crippen LogP contribution is 2.62. The minimum Gasteiger partial charge on any atom is -0.497 e. The number of carbonyl (C=O) groups is 1. The highest BCUT2D eigenvalue weighted by molar-refractivity contribution is 8.18. The number of hydrogen-bond acceptors (Lipinski definition) is 14. The summed E-state index contributed by atoms with van der Waals surface area (Å²) in [6.45, 7) is 9.96. The standard InChI is InChI=1S/C40H46O5S2.C22H26O4.C18H20OS2.CH4/c1-4-36-29(2)37(43-27-31-14-7-5-8-15-31)38(44-28-32-16-9-6-10-17-32)39(41,45-36)40(46-24-13-25-47-40)35-19-12-11-18-33(35)26-30-20-22-34(42-3)23-21-30;1-3-19-16(2)20(24-14-17-10-6-4-7-11-17)21(22(23)26-19)25-15-18-12-8-5-9-13-18;1-19-16-9-7-14(8-10-16)13-15-5-2-3-6-17(15)18-20-11-4-12-21-18;/h5-12,14-23,29,36-38,41H,4,13,24-28H2,1-3H3;4-13,16,19-21H,3,14-15H2,1-2H3;2-3,5-10,18H,4,11-13H2,1H3;1H4/t29-,36-,37+,38-,39-;16-,19-,20+,21-;;/m11../s1. The van der Waals surface area contributed by atoms with Crippen LogP contribution in [0.3, 0.4) is 0 Å². The van der Waals surface area contributed by atoms with E-state index < -0.39 is 28.2 Å². The van der Waals surface area contributed by atoms with E-state index in [0.29, 0.717) is 31.0 Å². The third-order valence-corrected chi connectivity index (χ3v) is 24.4. The lowest BCUT2D eigenvalue weighted by molar-refractivity contribution is -0.357. The molecule has 1 N–H and O–H groups in total. The molecule has 0 aliphatic carbocycles. The number of benzene rings is 8. The van der Waals surface area contributed by atoms with Crippen LogP contribution < -0.4 is 9.47 Å². The Labute approximate surface area is 582 Å². The molecule has 8 aromatic carbocycles. The lowest BCUT2D eigenvalue weighted by Gasteiger charge is -2.58. The summed E-state index contributed by atoms with van der Waals surface area (Å²) in [5.41, 5.74) is 11.9. The molecule has 14 heteroatoms. The van der Waals surface area contributed by atoms with E-state index >= 15 is 0 Å². The number of ether oxygens (including phenoxy) is 8. The van der Waals surface area contributed by atoms with Gasteiger partial charge in [0.05, 0.1) is 57.4 Å². The largest absolute Gasteiger partial charge is 0.497 e. The van der Waals surface area contributed by atoms with Gasteiger partial charge in [-0.05, 0) is 141 Å². The van der Waals surface area contributed by atoms with E-state index in [4.69, 9.17) is 37.9 Å². The number of methoxy groups -OCH3 is 2. The Morgan fingerprint density at radius 3 is 1.40 bits per heavy atom. The van der Waals surface area contributed by atoms with Crippen LogP contribution in [-0.2, 0) is 76.6 Å². The first kappa shape index (κ1) is 73.2. The van der Waals surface area contributed by atoms with Gasteiger partial charge >= 0.3 is 5.97 Å². The number of rotatable bonds is 23. The predicted octanol–water partition coefficient (Wildman–Crippen LogP) is 18.5. The van der Waals surface area contributed by atoms with E-state index in [1.807, 2.05) is 128 Å². The van der Waals surface area contributed by atoms with Crippen LogP contribution in [0.1, 0.15) is 121 Å². The topological polar surface area (TPSA) is 111 Å². The Kier molecular flexibility index (Phi) is 28.6. The zero-order valence-electron chi connectivity index (χ0n) is 55.1. The van der Waals surface area contributed by atoms with Gasteiger partial charge < -0.3 is 43.0 Å². The summed E-state index contributed by atoms with van der Waals surface area (Å²) >= 11 is 7.76. The Morgan fingerprint density at radius 1 is 0.474 bits per heavy atom. The molecule has 0 spiro atoms. The average molecular weight is 1360 g/mol. The molecule has 0 saturated carbocycles. The number of cyclic esters (lactones) is 1. The number of aliphatic hydroxyl groups is 1. The van der Waals surface area contributed by atoms with Crippen LogP contribution in [0.2, 0.25) is 0 Å². The molecule has 9 atom stereocenters. The maximum atomic E-state index is 13.5. The second-order valence-electron chi connectivity index (χ2n) is 24.3. The summed E-state index contributed by atoms with van der Waals surface area (Å²) in [5.74, 6) is 4.18. The molecule has 10 nitrogen and oxygen atoms in total. The fourth-order valence-corrected chi connectivity index (χ4v) is 19.4. The summed E-state index contributed by atoms with van der Waals surface area (Å²) in [6, 6.07) is 74.3. The molecule has 95 heavy (non-hydrogen) atoms. The summed E-state index contributed by atoms with van der Waals surface area (Å²) in [4.78, 5) is 12.5. The highest BCUT2D eigenvalue weighted by Gasteiger charge is 2.66. The van der Waals surface area contributed by atoms with Gasteiger partial charge in [-0.2, -0.15) is 0 Å². The lowest BCUT2D eigenvalue weighted by atomic mass is 9.81. The Hall–Kier alpha value is -6.01. The van der Waals surface area contributed by atoms with Crippen molar-refractivity contribution in [2.24, 2.45) is 11.8 Å². The quantitative estimate of drug-likeness (QED) is 0.0613. The van der Waals surface area contributed by atoms with Crippen LogP contribution in [0.5, 0.6) is 11.5 Å². The number of esters is 1. The average Bonchev–Trinajstić information content (AvgIpc) is 0.711. The van der Waals surface area contributed by atoms with Crippen molar-refractivity contribution >= 4 is 53.0 Å². The Balaban J connectivity index is 0.000000185. The van der Waals surface area contributed by atoms with Crippen LogP contribution in [0.15, 0.2) is 218 Å². The zero-order valence-corrected chi connectivity index (χ0v) is 58.4. The maximum absolute atomic E-state index is 13.5. The molecule has 0 radical (unpaired) electrons. The first-order chi connectivity index (χ1) is 46.0. The monoisotopic (exact) mass is 1360 g/mol. The molecule has 4 aliphatic rings. The molecular formula is C81H96O10S4. The second-order valence-corrected chi connectivity index (χ2v) is 29.9. The van der Waals surface area contributed by atoms with Gasteiger partial charge in [-0.3, -0.25) is 0 Å². The smallest absolute Gasteiger partial charge is 0.338 e. The number of carbonyl (C=O) groups excluding carboxylic acids is 1. The minimum absolute atomic E-state index is 0. The molecule has 504 valence electrons. The van der Waals surface area contributed by atoms with Crippen molar-refractivity contribution in [2.75, 3.05) is 37.2 Å². The normalized spacial score (nSPS) is 23.3. The van der Waals surface area contributed by atoms with Gasteiger partial charge in [-0.1, -0.05) is 229 Å². The summed E-state index contributed by atoms with van der Waals surface area (Å²) in [5, 5.41) is 13.5. The second kappa shape index (κ2) is 37.1. The number of hydrogen-bond donors (Lipinski definition) is 1. The molecular weight excluding hydrogens is 1260 g/mol. The first-order valence-electron chi connectivity index (χ1n) is 33.2. The van der Waals surface area contributed by atoms with Crippen LogP contribution in [-0.4, -0.2) is 90.7 Å². The van der Waals surface area contributed by atoms with E-state index in [9.17, 15) is 9.90 Å². The third-order valence-electron chi connectivity index (χ3n) is 17.9. The fraction of sp³-hybridized carbons (Fsp3) is 0.395. The summed E-state index contributed by atoms with van der Waals surface area (Å²) in [6.07, 6.45) is 3.08. The van der Waals surface area contributed by atoms with Crippen LogP contribution >= 0.6 is 47.0 Å². The van der Waals surface area contributed by atoms with E-state index in [-0.39, 0.29) is 43.5 Å². The zero-order chi connectivity index (χ0) is 65.5. The molecule has 0 bridgehead atoms. The molecule has 4 aliphatic heterocycles. The summed E-state index contributed by atoms with van der Waals surface area (Å²) in [7, 11) is 3.40. The lowest BCUT2D eigenvalue weighted by Crippen LogP contribution is -2.69. The Bertz CT molecular complexity index is 3500. The predicted molar refractivity (Wildman–Crippen MR) is 393 cm³/mol. The van der Waals surface area contributed by atoms with Crippen molar-refractivity contribution < 1.29 is 47.8 Å². The van der Waals surface area contributed by atoms with E-state index in [0.717, 1.165) is 88.5 Å². The van der Waals surface area contributed by atoms with Crippen molar-refractivity contribution in [1.82, 2.24) is 0 Å². The minimum atomic E-state index is -1.69. The van der Waals surface area contributed by atoms with E-state index in [1.165, 1.54) is 40.2 Å². The van der Waals surface area contributed by atoms with Gasteiger partial charge in [-0.25, -0.2) is 4.79 Å². The van der Waals surface area contributed by atoms with Gasteiger partial charge in [0.15, 0.2) is 6.10 Å².